The molecule has 0 amide bonds. The average Bonchev–Trinajstić information content (AvgIpc) is 3.40. The highest BCUT2D eigenvalue weighted by Crippen LogP contribution is 2.42. The lowest BCUT2D eigenvalue weighted by Crippen LogP contribution is -2.27. The summed E-state index contributed by atoms with van der Waals surface area (Å²) in [6.45, 7) is 8.71. The summed E-state index contributed by atoms with van der Waals surface area (Å²) in [5.74, 6) is -0.119. The monoisotopic (exact) mass is 528 g/mol. The zero-order valence-corrected chi connectivity index (χ0v) is 22.9. The Hall–Kier alpha value is -3.69. The second-order valence-corrected chi connectivity index (χ2v) is 11.2. The van der Waals surface area contributed by atoms with Gasteiger partial charge in [0, 0.05) is 49.2 Å². The van der Waals surface area contributed by atoms with E-state index in [1.165, 1.54) is 0 Å². The molecule has 9 heteroatoms. The van der Waals surface area contributed by atoms with Crippen LogP contribution in [0.3, 0.4) is 0 Å². The SMILES string of the molecule is Cc1ccc(C(C2CCOCC2)n2c3cc(-c4c(C)nnn4C)c(F)cc3c3ncc(C(C)(C)O)cc32)nc1. The van der Waals surface area contributed by atoms with Crippen LogP contribution >= 0.6 is 0 Å². The summed E-state index contributed by atoms with van der Waals surface area (Å²) >= 11 is 0. The Morgan fingerprint density at radius 3 is 2.46 bits per heavy atom. The number of ether oxygens (including phenoxy) is 1. The zero-order valence-electron chi connectivity index (χ0n) is 22.9. The number of halogens is 1. The number of rotatable bonds is 5. The summed E-state index contributed by atoms with van der Waals surface area (Å²) in [6.07, 6.45) is 5.32. The molecule has 1 fully saturated rings. The number of hydrogen-bond donors (Lipinski definition) is 1. The fraction of sp³-hybridized carbons (Fsp3) is 0.400. The molecule has 1 atom stereocenters. The molecule has 5 heterocycles. The molecule has 0 bridgehead atoms. The van der Waals surface area contributed by atoms with Gasteiger partial charge in [0.1, 0.15) is 5.82 Å². The Morgan fingerprint density at radius 2 is 1.82 bits per heavy atom. The Balaban J connectivity index is 1.72. The van der Waals surface area contributed by atoms with Crippen LogP contribution in [0.25, 0.3) is 33.2 Å². The van der Waals surface area contributed by atoms with Gasteiger partial charge in [-0.3, -0.25) is 9.97 Å². The number of aliphatic hydroxyl groups is 1. The fourth-order valence-corrected chi connectivity index (χ4v) is 5.84. The van der Waals surface area contributed by atoms with E-state index in [2.05, 4.69) is 27.0 Å². The Bertz CT molecular complexity index is 1660. The molecule has 5 aromatic rings. The van der Waals surface area contributed by atoms with E-state index in [1.807, 2.05) is 32.2 Å². The fourth-order valence-electron chi connectivity index (χ4n) is 5.84. The third kappa shape index (κ3) is 4.39. The number of fused-ring (bicyclic) bond motifs is 3. The normalized spacial score (nSPS) is 15.9. The molecule has 0 radical (unpaired) electrons. The van der Waals surface area contributed by atoms with Gasteiger partial charge in [0.15, 0.2) is 0 Å². The van der Waals surface area contributed by atoms with Crippen LogP contribution in [-0.2, 0) is 17.4 Å². The van der Waals surface area contributed by atoms with Crippen molar-refractivity contribution in [3.8, 4) is 11.3 Å². The minimum absolute atomic E-state index is 0.141. The molecular weight excluding hydrogens is 495 g/mol. The maximum atomic E-state index is 15.8. The highest BCUT2D eigenvalue weighted by atomic mass is 19.1. The molecule has 1 aliphatic rings. The van der Waals surface area contributed by atoms with Crippen molar-refractivity contribution in [1.29, 1.82) is 0 Å². The first-order valence-electron chi connectivity index (χ1n) is 13.4. The van der Waals surface area contributed by atoms with Crippen molar-refractivity contribution in [1.82, 2.24) is 29.5 Å². The number of benzene rings is 1. The molecule has 0 aliphatic carbocycles. The van der Waals surface area contributed by atoms with Gasteiger partial charge in [0.2, 0.25) is 0 Å². The predicted molar refractivity (Wildman–Crippen MR) is 148 cm³/mol. The van der Waals surface area contributed by atoms with Gasteiger partial charge >= 0.3 is 0 Å². The highest BCUT2D eigenvalue weighted by Gasteiger charge is 2.32. The van der Waals surface area contributed by atoms with Gasteiger partial charge in [-0.15, -0.1) is 5.10 Å². The molecule has 4 aromatic heterocycles. The van der Waals surface area contributed by atoms with Crippen molar-refractivity contribution >= 4 is 21.9 Å². The molecule has 0 spiro atoms. The highest BCUT2D eigenvalue weighted by molar-refractivity contribution is 6.07. The molecule has 1 aromatic carbocycles. The van der Waals surface area contributed by atoms with Gasteiger partial charge in [-0.25, -0.2) is 9.07 Å². The standard InChI is InChI=1S/C30H33FN6O2/c1-17-6-7-24(32-15-17)29(19-8-10-39-11-9-19)37-25-14-21(28-18(2)34-35-36(28)5)23(31)13-22(25)27-26(37)12-20(16-33-27)30(3,4)38/h6-7,12-16,19,29,38H,8-11H2,1-5H3. The summed E-state index contributed by atoms with van der Waals surface area (Å²) in [5, 5.41) is 19.9. The number of aromatic nitrogens is 6. The minimum atomic E-state index is -1.09. The van der Waals surface area contributed by atoms with E-state index < -0.39 is 5.60 Å². The van der Waals surface area contributed by atoms with Gasteiger partial charge in [0.25, 0.3) is 0 Å². The topological polar surface area (TPSA) is 90.9 Å². The first-order chi connectivity index (χ1) is 18.6. The van der Waals surface area contributed by atoms with E-state index in [0.29, 0.717) is 46.6 Å². The van der Waals surface area contributed by atoms with Crippen LogP contribution in [0.15, 0.2) is 42.7 Å². The van der Waals surface area contributed by atoms with Gasteiger partial charge in [-0.2, -0.15) is 0 Å². The smallest absolute Gasteiger partial charge is 0.133 e. The lowest BCUT2D eigenvalue weighted by atomic mass is 9.88. The van der Waals surface area contributed by atoms with Crippen molar-refractivity contribution in [3.63, 3.8) is 0 Å². The van der Waals surface area contributed by atoms with Crippen molar-refractivity contribution in [2.24, 2.45) is 13.0 Å². The van der Waals surface area contributed by atoms with Crippen LogP contribution in [0.2, 0.25) is 0 Å². The molecule has 1 unspecified atom stereocenters. The Morgan fingerprint density at radius 1 is 1.05 bits per heavy atom. The van der Waals surface area contributed by atoms with E-state index in [4.69, 9.17) is 14.7 Å². The quantitative estimate of drug-likeness (QED) is 0.329. The number of nitrogens with zero attached hydrogens (tertiary/aromatic N) is 6. The van der Waals surface area contributed by atoms with E-state index in [9.17, 15) is 5.11 Å². The molecule has 8 nitrogen and oxygen atoms in total. The first-order valence-corrected chi connectivity index (χ1v) is 13.4. The van der Waals surface area contributed by atoms with E-state index >= 15 is 4.39 Å². The van der Waals surface area contributed by atoms with Crippen LogP contribution < -0.4 is 0 Å². The lowest BCUT2D eigenvalue weighted by Gasteiger charge is -2.32. The van der Waals surface area contributed by atoms with Crippen LogP contribution in [0.1, 0.15) is 55.2 Å². The van der Waals surface area contributed by atoms with Crippen LogP contribution in [-0.4, -0.2) is 47.8 Å². The molecule has 39 heavy (non-hydrogen) atoms. The Labute approximate surface area is 226 Å². The molecule has 6 rings (SSSR count). The van der Waals surface area contributed by atoms with Gasteiger partial charge < -0.3 is 14.4 Å². The minimum Gasteiger partial charge on any atom is -0.386 e. The van der Waals surface area contributed by atoms with Gasteiger partial charge in [0.05, 0.1) is 45.3 Å². The molecule has 1 aliphatic heterocycles. The summed E-state index contributed by atoms with van der Waals surface area (Å²) in [6, 6.07) is 9.46. The average molecular weight is 529 g/mol. The zero-order chi connectivity index (χ0) is 27.5. The molecule has 1 saturated heterocycles. The van der Waals surface area contributed by atoms with Crippen LogP contribution in [0, 0.1) is 25.6 Å². The second-order valence-electron chi connectivity index (χ2n) is 11.2. The van der Waals surface area contributed by atoms with Crippen molar-refractivity contribution in [2.45, 2.75) is 52.2 Å². The third-order valence-corrected chi connectivity index (χ3v) is 7.91. The maximum Gasteiger partial charge on any atom is 0.133 e. The van der Waals surface area contributed by atoms with Gasteiger partial charge in [-0.05, 0) is 76.3 Å². The largest absolute Gasteiger partial charge is 0.386 e. The predicted octanol–water partition coefficient (Wildman–Crippen LogP) is 5.38. The molecule has 1 N–H and O–H groups in total. The number of hydrogen-bond acceptors (Lipinski definition) is 6. The third-order valence-electron chi connectivity index (χ3n) is 7.91. The van der Waals surface area contributed by atoms with Crippen LogP contribution in [0.4, 0.5) is 4.39 Å². The molecular formula is C30H33FN6O2. The summed E-state index contributed by atoms with van der Waals surface area (Å²) in [7, 11) is 1.77. The van der Waals surface area contributed by atoms with E-state index in [-0.39, 0.29) is 17.8 Å². The van der Waals surface area contributed by atoms with E-state index in [1.54, 1.807) is 37.8 Å². The van der Waals surface area contributed by atoms with Crippen molar-refractivity contribution in [3.05, 3.63) is 71.1 Å². The second kappa shape index (κ2) is 9.50. The van der Waals surface area contributed by atoms with E-state index in [0.717, 1.165) is 35.1 Å². The summed E-state index contributed by atoms with van der Waals surface area (Å²) in [5.41, 5.74) is 5.71. The first kappa shape index (κ1) is 25.6. The van der Waals surface area contributed by atoms with Gasteiger partial charge in [-0.1, -0.05) is 11.3 Å². The summed E-state index contributed by atoms with van der Waals surface area (Å²) in [4.78, 5) is 9.66. The molecule has 202 valence electrons. The van der Waals surface area contributed by atoms with Crippen molar-refractivity contribution < 1.29 is 14.2 Å². The maximum absolute atomic E-state index is 15.8. The lowest BCUT2D eigenvalue weighted by molar-refractivity contribution is 0.0547. The van der Waals surface area contributed by atoms with Crippen LogP contribution in [0.5, 0.6) is 0 Å². The molecule has 0 saturated carbocycles. The van der Waals surface area contributed by atoms with Crippen molar-refractivity contribution in [2.75, 3.05) is 13.2 Å². The number of aryl methyl sites for hydroxylation is 3. The summed E-state index contributed by atoms with van der Waals surface area (Å²) < 4.78 is 25.4. The Kier molecular flexibility index (Phi) is 6.23. The number of pyridine rings is 2.